The molecule has 0 radical (unpaired) electrons. The van der Waals surface area contributed by atoms with E-state index in [1.54, 1.807) is 13.0 Å². The molecule has 15 heavy (non-hydrogen) atoms. The highest BCUT2D eigenvalue weighted by Crippen LogP contribution is 2.24. The first kappa shape index (κ1) is 12.4. The molecule has 5 heteroatoms. The highest BCUT2D eigenvalue weighted by atomic mass is 127. The molecule has 0 aliphatic heterocycles. The molecule has 0 atom stereocenters. The van der Waals surface area contributed by atoms with Crippen molar-refractivity contribution in [1.82, 2.24) is 0 Å². The van der Waals surface area contributed by atoms with E-state index in [0.29, 0.717) is 15.6 Å². The minimum absolute atomic E-state index is 0.0171. The van der Waals surface area contributed by atoms with Crippen LogP contribution in [0.25, 0.3) is 0 Å². The molecule has 0 heterocycles. The monoisotopic (exact) mass is 326 g/mol. The number of carbonyl (C=O) groups is 1. The third-order valence-corrected chi connectivity index (χ3v) is 2.63. The van der Waals surface area contributed by atoms with Crippen LogP contribution in [0.15, 0.2) is 18.2 Å². The standard InChI is InChI=1S/C10H9F2IO2/c1-2-8(14)6-3-4-9(7(13)5-6)15-10(11)12/h3-5,10H,2H2,1H3. The van der Waals surface area contributed by atoms with Crippen molar-refractivity contribution in [3.8, 4) is 5.75 Å². The number of alkyl halides is 2. The SMILES string of the molecule is CCC(=O)c1ccc(OC(F)F)c(I)c1. The van der Waals surface area contributed by atoms with Gasteiger partial charge in [-0.2, -0.15) is 8.78 Å². The first-order valence-corrected chi connectivity index (χ1v) is 5.40. The van der Waals surface area contributed by atoms with Gasteiger partial charge in [-0.25, -0.2) is 0 Å². The lowest BCUT2D eigenvalue weighted by atomic mass is 10.1. The van der Waals surface area contributed by atoms with Gasteiger partial charge in [0.05, 0.1) is 3.57 Å². The van der Waals surface area contributed by atoms with E-state index in [0.717, 1.165) is 0 Å². The maximum atomic E-state index is 11.9. The summed E-state index contributed by atoms with van der Waals surface area (Å²) in [5, 5.41) is 0. The summed E-state index contributed by atoms with van der Waals surface area (Å²) in [6, 6.07) is 4.42. The summed E-state index contributed by atoms with van der Waals surface area (Å²) < 4.78 is 28.6. The Morgan fingerprint density at radius 3 is 2.67 bits per heavy atom. The van der Waals surface area contributed by atoms with E-state index >= 15 is 0 Å². The quantitative estimate of drug-likeness (QED) is 0.625. The fourth-order valence-electron chi connectivity index (χ4n) is 1.07. The van der Waals surface area contributed by atoms with Gasteiger partial charge < -0.3 is 4.74 Å². The van der Waals surface area contributed by atoms with Crippen molar-refractivity contribution in [2.24, 2.45) is 0 Å². The van der Waals surface area contributed by atoms with Gasteiger partial charge in [0.15, 0.2) is 5.78 Å². The second-order valence-electron chi connectivity index (χ2n) is 2.80. The second-order valence-corrected chi connectivity index (χ2v) is 3.96. The Morgan fingerprint density at radius 1 is 1.53 bits per heavy atom. The first-order valence-electron chi connectivity index (χ1n) is 4.32. The Kier molecular flexibility index (Phi) is 4.44. The maximum absolute atomic E-state index is 11.9. The number of carbonyl (C=O) groups excluding carboxylic acids is 1. The third-order valence-electron chi connectivity index (χ3n) is 1.79. The van der Waals surface area contributed by atoms with Crippen LogP contribution in [0.5, 0.6) is 5.75 Å². The number of hydrogen-bond acceptors (Lipinski definition) is 2. The Morgan fingerprint density at radius 2 is 2.20 bits per heavy atom. The van der Waals surface area contributed by atoms with Gasteiger partial charge in [0.2, 0.25) is 0 Å². The van der Waals surface area contributed by atoms with Crippen LogP contribution in [0.3, 0.4) is 0 Å². The van der Waals surface area contributed by atoms with Crippen LogP contribution in [0, 0.1) is 3.57 Å². The molecule has 0 aliphatic rings. The van der Waals surface area contributed by atoms with Crippen LogP contribution in [0.2, 0.25) is 0 Å². The normalized spacial score (nSPS) is 10.5. The van der Waals surface area contributed by atoms with E-state index in [1.165, 1.54) is 12.1 Å². The highest BCUT2D eigenvalue weighted by molar-refractivity contribution is 14.1. The molecule has 82 valence electrons. The first-order chi connectivity index (χ1) is 7.04. The number of rotatable bonds is 4. The largest absolute Gasteiger partial charge is 0.434 e. The highest BCUT2D eigenvalue weighted by Gasteiger charge is 2.10. The zero-order chi connectivity index (χ0) is 11.4. The average Bonchev–Trinajstić information content (AvgIpc) is 2.19. The van der Waals surface area contributed by atoms with Gasteiger partial charge in [-0.05, 0) is 40.8 Å². The minimum atomic E-state index is -2.84. The van der Waals surface area contributed by atoms with E-state index in [4.69, 9.17) is 0 Å². The summed E-state index contributed by atoms with van der Waals surface area (Å²) in [4.78, 5) is 11.3. The van der Waals surface area contributed by atoms with Crippen LogP contribution < -0.4 is 4.74 Å². The molecule has 0 amide bonds. The number of hydrogen-bond donors (Lipinski definition) is 0. The molecule has 0 unspecified atom stereocenters. The molecule has 1 rings (SSSR count). The molecule has 0 saturated heterocycles. The zero-order valence-electron chi connectivity index (χ0n) is 7.97. The molecule has 0 saturated carbocycles. The lowest BCUT2D eigenvalue weighted by Gasteiger charge is -2.07. The van der Waals surface area contributed by atoms with E-state index in [1.807, 2.05) is 22.6 Å². The molecule has 0 bridgehead atoms. The predicted octanol–water partition coefficient (Wildman–Crippen LogP) is 3.49. The number of halogens is 3. The Labute approximate surface area is 99.8 Å². The van der Waals surface area contributed by atoms with Crippen molar-refractivity contribution < 1.29 is 18.3 Å². The lowest BCUT2D eigenvalue weighted by Crippen LogP contribution is -2.04. The number of Topliss-reactive ketones (excluding diaryl/α,β-unsaturated/α-hetero) is 1. The van der Waals surface area contributed by atoms with Gasteiger partial charge >= 0.3 is 6.61 Å². The van der Waals surface area contributed by atoms with Gasteiger partial charge in [0.1, 0.15) is 5.75 Å². The van der Waals surface area contributed by atoms with Gasteiger partial charge in [-0.15, -0.1) is 0 Å². The molecule has 0 N–H and O–H groups in total. The van der Waals surface area contributed by atoms with Crippen LogP contribution in [-0.2, 0) is 0 Å². The van der Waals surface area contributed by atoms with Crippen molar-refractivity contribution in [3.05, 3.63) is 27.3 Å². The topological polar surface area (TPSA) is 26.3 Å². The summed E-state index contributed by atoms with van der Waals surface area (Å²) >= 11 is 1.86. The fraction of sp³-hybridized carbons (Fsp3) is 0.300. The van der Waals surface area contributed by atoms with E-state index < -0.39 is 6.61 Å². The van der Waals surface area contributed by atoms with Gasteiger partial charge in [-0.1, -0.05) is 6.92 Å². The molecular formula is C10H9F2IO2. The Bertz CT molecular complexity index is 366. The minimum Gasteiger partial charge on any atom is -0.434 e. The summed E-state index contributed by atoms with van der Waals surface area (Å²) in [6.45, 7) is -1.09. The summed E-state index contributed by atoms with van der Waals surface area (Å²) in [5.41, 5.74) is 0.517. The number of benzene rings is 1. The van der Waals surface area contributed by atoms with Crippen molar-refractivity contribution in [1.29, 1.82) is 0 Å². The molecule has 0 spiro atoms. The number of ether oxygens (including phenoxy) is 1. The summed E-state index contributed by atoms with van der Waals surface area (Å²) in [5.74, 6) is 0.0785. The third kappa shape index (κ3) is 3.40. The fourth-order valence-corrected chi connectivity index (χ4v) is 1.71. The number of ketones is 1. The lowest BCUT2D eigenvalue weighted by molar-refractivity contribution is -0.0504. The van der Waals surface area contributed by atoms with Crippen molar-refractivity contribution in [2.45, 2.75) is 20.0 Å². The van der Waals surface area contributed by atoms with Crippen molar-refractivity contribution in [2.75, 3.05) is 0 Å². The van der Waals surface area contributed by atoms with Gasteiger partial charge in [0, 0.05) is 12.0 Å². The average molecular weight is 326 g/mol. The molecule has 0 fully saturated rings. The smallest absolute Gasteiger partial charge is 0.387 e. The van der Waals surface area contributed by atoms with E-state index in [9.17, 15) is 13.6 Å². The summed E-state index contributed by atoms with van der Waals surface area (Å²) in [6.07, 6.45) is 0.394. The van der Waals surface area contributed by atoms with E-state index in [2.05, 4.69) is 4.74 Å². The molecule has 0 aromatic heterocycles. The van der Waals surface area contributed by atoms with Crippen LogP contribution >= 0.6 is 22.6 Å². The molecule has 1 aromatic rings. The van der Waals surface area contributed by atoms with Crippen LogP contribution in [0.1, 0.15) is 23.7 Å². The van der Waals surface area contributed by atoms with Gasteiger partial charge in [0.25, 0.3) is 0 Å². The van der Waals surface area contributed by atoms with Gasteiger partial charge in [-0.3, -0.25) is 4.79 Å². The second kappa shape index (κ2) is 5.39. The predicted molar refractivity (Wildman–Crippen MR) is 60.4 cm³/mol. The van der Waals surface area contributed by atoms with E-state index in [-0.39, 0.29) is 11.5 Å². The van der Waals surface area contributed by atoms with Crippen molar-refractivity contribution in [3.63, 3.8) is 0 Å². The molecule has 0 aliphatic carbocycles. The summed E-state index contributed by atoms with van der Waals surface area (Å²) in [7, 11) is 0. The molecule has 2 nitrogen and oxygen atoms in total. The van der Waals surface area contributed by atoms with Crippen LogP contribution in [-0.4, -0.2) is 12.4 Å². The molecular weight excluding hydrogens is 317 g/mol. The maximum Gasteiger partial charge on any atom is 0.387 e. The Balaban J connectivity index is 2.93. The molecule has 1 aromatic carbocycles. The van der Waals surface area contributed by atoms with Crippen molar-refractivity contribution >= 4 is 28.4 Å². The zero-order valence-corrected chi connectivity index (χ0v) is 10.1. The van der Waals surface area contributed by atoms with Crippen LogP contribution in [0.4, 0.5) is 8.78 Å². The Hall–Kier alpha value is -0.720.